The minimum absolute atomic E-state index is 0.590. The van der Waals surface area contributed by atoms with Crippen LogP contribution in [0.4, 0.5) is 5.69 Å². The fourth-order valence-corrected chi connectivity index (χ4v) is 2.20. The van der Waals surface area contributed by atoms with Gasteiger partial charge in [0.1, 0.15) is 0 Å². The number of benzene rings is 2. The highest BCUT2D eigenvalue weighted by Gasteiger charge is 2.06. The molecule has 0 spiro atoms. The molecule has 0 aliphatic rings. The second-order valence-electron chi connectivity index (χ2n) is 4.61. The minimum atomic E-state index is 0.590. The first-order valence-corrected chi connectivity index (χ1v) is 6.44. The molecule has 0 aliphatic carbocycles. The number of rotatable bonds is 3. The Morgan fingerprint density at radius 3 is 2.63 bits per heavy atom. The quantitative estimate of drug-likeness (QED) is 0.837. The Bertz CT molecular complexity index is 629. The minimum Gasteiger partial charge on any atom is -0.370 e. The monoisotopic (exact) mass is 270 g/mol. The van der Waals surface area contributed by atoms with Crippen molar-refractivity contribution in [3.63, 3.8) is 0 Å². The number of halogens is 1. The SMILES string of the molecule is Cc1cccc(N(C)Cc2ccc(C#N)cc2Cl)c1. The van der Waals surface area contributed by atoms with Crippen LogP contribution in [0, 0.1) is 18.3 Å². The third kappa shape index (κ3) is 3.27. The summed E-state index contributed by atoms with van der Waals surface area (Å²) in [6.45, 7) is 2.79. The fraction of sp³-hybridized carbons (Fsp3) is 0.188. The van der Waals surface area contributed by atoms with E-state index in [0.717, 1.165) is 11.3 Å². The number of nitrogens with zero attached hydrogens (tertiary/aromatic N) is 2. The average Bonchev–Trinajstić information content (AvgIpc) is 2.41. The topological polar surface area (TPSA) is 27.0 Å². The van der Waals surface area contributed by atoms with Crippen molar-refractivity contribution in [3.05, 3.63) is 64.2 Å². The first kappa shape index (κ1) is 13.5. The van der Waals surface area contributed by atoms with Crippen molar-refractivity contribution in [2.75, 3.05) is 11.9 Å². The smallest absolute Gasteiger partial charge is 0.0992 e. The van der Waals surface area contributed by atoms with Gasteiger partial charge in [-0.05, 0) is 42.3 Å². The highest BCUT2D eigenvalue weighted by molar-refractivity contribution is 6.31. The van der Waals surface area contributed by atoms with Gasteiger partial charge in [0.25, 0.3) is 0 Å². The van der Waals surface area contributed by atoms with E-state index < -0.39 is 0 Å². The van der Waals surface area contributed by atoms with E-state index in [1.165, 1.54) is 5.56 Å². The number of aryl methyl sites for hydroxylation is 1. The normalized spacial score (nSPS) is 10.0. The van der Waals surface area contributed by atoms with E-state index in [9.17, 15) is 0 Å². The summed E-state index contributed by atoms with van der Waals surface area (Å²) in [4.78, 5) is 2.14. The molecule has 3 heteroatoms. The van der Waals surface area contributed by atoms with E-state index in [2.05, 4.69) is 36.1 Å². The van der Waals surface area contributed by atoms with E-state index >= 15 is 0 Å². The molecule has 2 aromatic carbocycles. The van der Waals surface area contributed by atoms with Crippen molar-refractivity contribution in [2.45, 2.75) is 13.5 Å². The van der Waals surface area contributed by atoms with Crippen molar-refractivity contribution in [1.82, 2.24) is 0 Å². The lowest BCUT2D eigenvalue weighted by atomic mass is 10.1. The zero-order chi connectivity index (χ0) is 13.8. The lowest BCUT2D eigenvalue weighted by Crippen LogP contribution is -2.16. The third-order valence-corrected chi connectivity index (χ3v) is 3.38. The molecule has 0 saturated heterocycles. The lowest BCUT2D eigenvalue weighted by molar-refractivity contribution is 0.922. The number of hydrogen-bond acceptors (Lipinski definition) is 2. The molecule has 0 heterocycles. The summed E-state index contributed by atoms with van der Waals surface area (Å²) in [5, 5.41) is 9.46. The highest BCUT2D eigenvalue weighted by atomic mass is 35.5. The van der Waals surface area contributed by atoms with Crippen molar-refractivity contribution in [2.24, 2.45) is 0 Å². The molecule has 0 aromatic heterocycles. The molecule has 0 unspecified atom stereocenters. The van der Waals surface area contributed by atoms with E-state index in [0.29, 0.717) is 17.1 Å². The molecule has 19 heavy (non-hydrogen) atoms. The van der Waals surface area contributed by atoms with E-state index in [-0.39, 0.29) is 0 Å². The molecule has 2 aromatic rings. The van der Waals surface area contributed by atoms with Gasteiger partial charge in [-0.25, -0.2) is 0 Å². The second kappa shape index (κ2) is 5.77. The first-order valence-electron chi connectivity index (χ1n) is 6.06. The van der Waals surface area contributed by atoms with E-state index in [4.69, 9.17) is 16.9 Å². The molecule has 0 atom stereocenters. The van der Waals surface area contributed by atoms with Gasteiger partial charge in [-0.15, -0.1) is 0 Å². The van der Waals surface area contributed by atoms with Gasteiger partial charge in [0.15, 0.2) is 0 Å². The van der Waals surface area contributed by atoms with Gasteiger partial charge in [-0.3, -0.25) is 0 Å². The fourth-order valence-electron chi connectivity index (χ4n) is 1.96. The molecule has 0 N–H and O–H groups in total. The molecule has 2 rings (SSSR count). The molecule has 0 fully saturated rings. The van der Waals surface area contributed by atoms with Gasteiger partial charge in [-0.2, -0.15) is 5.26 Å². The maximum absolute atomic E-state index is 8.82. The summed E-state index contributed by atoms with van der Waals surface area (Å²) in [5.41, 5.74) is 3.99. The van der Waals surface area contributed by atoms with Crippen LogP contribution in [0.15, 0.2) is 42.5 Å². The number of hydrogen-bond donors (Lipinski definition) is 0. The molecule has 0 aliphatic heterocycles. The van der Waals surface area contributed by atoms with Crippen molar-refractivity contribution in [1.29, 1.82) is 5.26 Å². The summed E-state index contributed by atoms with van der Waals surface area (Å²) in [5.74, 6) is 0. The van der Waals surface area contributed by atoms with Gasteiger partial charge >= 0.3 is 0 Å². The maximum Gasteiger partial charge on any atom is 0.0992 e. The van der Waals surface area contributed by atoms with Crippen molar-refractivity contribution >= 4 is 17.3 Å². The first-order chi connectivity index (χ1) is 9.10. The molecule has 2 nitrogen and oxygen atoms in total. The molecular weight excluding hydrogens is 256 g/mol. The Hall–Kier alpha value is -1.98. The van der Waals surface area contributed by atoms with Crippen LogP contribution in [-0.2, 0) is 6.54 Å². The predicted octanol–water partition coefficient (Wildman–Crippen LogP) is 4.16. The van der Waals surface area contributed by atoms with Crippen LogP contribution >= 0.6 is 11.6 Å². The molecule has 0 saturated carbocycles. The number of nitriles is 1. The summed E-state index contributed by atoms with van der Waals surface area (Å²) in [6, 6.07) is 15.8. The summed E-state index contributed by atoms with van der Waals surface area (Å²) < 4.78 is 0. The Kier molecular flexibility index (Phi) is 4.09. The zero-order valence-electron chi connectivity index (χ0n) is 11.0. The van der Waals surface area contributed by atoms with Gasteiger partial charge in [0.2, 0.25) is 0 Å². The van der Waals surface area contributed by atoms with Crippen LogP contribution in [0.25, 0.3) is 0 Å². The van der Waals surface area contributed by atoms with Gasteiger partial charge in [-0.1, -0.05) is 29.8 Å². The summed E-state index contributed by atoms with van der Waals surface area (Å²) in [7, 11) is 2.03. The van der Waals surface area contributed by atoms with Crippen molar-refractivity contribution in [3.8, 4) is 6.07 Å². The summed E-state index contributed by atoms with van der Waals surface area (Å²) in [6.07, 6.45) is 0. The van der Waals surface area contributed by atoms with Crippen LogP contribution in [0.2, 0.25) is 5.02 Å². The number of anilines is 1. The third-order valence-electron chi connectivity index (χ3n) is 3.03. The standard InChI is InChI=1S/C16H15ClN2/c1-12-4-3-5-15(8-12)19(2)11-14-7-6-13(10-18)9-16(14)17/h3-9H,11H2,1-2H3. The average molecular weight is 271 g/mol. The zero-order valence-corrected chi connectivity index (χ0v) is 11.8. The van der Waals surface area contributed by atoms with Gasteiger partial charge in [0.05, 0.1) is 11.6 Å². The largest absolute Gasteiger partial charge is 0.370 e. The van der Waals surface area contributed by atoms with Crippen molar-refractivity contribution < 1.29 is 0 Å². The molecule has 0 amide bonds. The van der Waals surface area contributed by atoms with Crippen LogP contribution in [0.5, 0.6) is 0 Å². The second-order valence-corrected chi connectivity index (χ2v) is 5.02. The summed E-state index contributed by atoms with van der Waals surface area (Å²) >= 11 is 6.19. The van der Waals surface area contributed by atoms with Crippen LogP contribution in [-0.4, -0.2) is 7.05 Å². The molecule has 0 bridgehead atoms. The Morgan fingerprint density at radius 2 is 2.00 bits per heavy atom. The predicted molar refractivity (Wildman–Crippen MR) is 79.5 cm³/mol. The maximum atomic E-state index is 8.82. The van der Waals surface area contributed by atoms with Crippen LogP contribution in [0.1, 0.15) is 16.7 Å². The van der Waals surface area contributed by atoms with Crippen LogP contribution in [0.3, 0.4) is 0 Å². The molecular formula is C16H15ClN2. The van der Waals surface area contributed by atoms with E-state index in [1.807, 2.05) is 19.2 Å². The molecule has 0 radical (unpaired) electrons. The van der Waals surface area contributed by atoms with Gasteiger partial charge in [0, 0.05) is 24.3 Å². The molecule has 96 valence electrons. The van der Waals surface area contributed by atoms with Crippen LogP contribution < -0.4 is 4.90 Å². The highest BCUT2D eigenvalue weighted by Crippen LogP contribution is 2.22. The van der Waals surface area contributed by atoms with E-state index in [1.54, 1.807) is 12.1 Å². The Balaban J connectivity index is 2.20. The lowest BCUT2D eigenvalue weighted by Gasteiger charge is -2.20. The Labute approximate surface area is 118 Å². The Morgan fingerprint density at radius 1 is 1.21 bits per heavy atom. The van der Waals surface area contributed by atoms with Gasteiger partial charge < -0.3 is 4.90 Å².